The van der Waals surface area contributed by atoms with Gasteiger partial charge in [0.2, 0.25) is 11.7 Å². The lowest BCUT2D eigenvalue weighted by Crippen LogP contribution is -2.26. The smallest absolute Gasteiger partial charge is 0.338 e. The van der Waals surface area contributed by atoms with Gasteiger partial charge in [-0.3, -0.25) is 19.0 Å². The van der Waals surface area contributed by atoms with E-state index in [-0.39, 0.29) is 22.8 Å². The lowest BCUT2D eigenvalue weighted by atomic mass is 10.0. The van der Waals surface area contributed by atoms with Crippen LogP contribution in [0.15, 0.2) is 41.2 Å². The van der Waals surface area contributed by atoms with Crippen molar-refractivity contribution >= 4 is 34.3 Å². The number of hydrogen-bond acceptors (Lipinski definition) is 6. The minimum Gasteiger partial charge on any atom is -0.451 e. The Morgan fingerprint density at radius 2 is 1.82 bits per heavy atom. The van der Waals surface area contributed by atoms with Gasteiger partial charge in [-0.15, -0.1) is 0 Å². The van der Waals surface area contributed by atoms with Gasteiger partial charge in [0.25, 0.3) is 5.56 Å². The van der Waals surface area contributed by atoms with Crippen molar-refractivity contribution in [1.29, 1.82) is 0 Å². The Morgan fingerprint density at radius 3 is 2.61 bits per heavy atom. The fraction of sp³-hybridized carbons (Fsp3) is 0.320. The molecule has 0 fully saturated rings. The van der Waals surface area contributed by atoms with Crippen LogP contribution in [0.3, 0.4) is 0 Å². The molecule has 168 valence electrons. The molecule has 8 heteroatoms. The van der Waals surface area contributed by atoms with Gasteiger partial charge < -0.3 is 9.64 Å². The molecule has 1 unspecified atom stereocenters. The summed E-state index contributed by atoms with van der Waals surface area (Å²) in [7, 11) is 0. The molecular weight excluding hydrogens is 422 g/mol. The van der Waals surface area contributed by atoms with Crippen molar-refractivity contribution < 1.29 is 19.1 Å². The summed E-state index contributed by atoms with van der Waals surface area (Å²) in [5, 5.41) is 0.457. The first-order valence-electron chi connectivity index (χ1n) is 11.0. The molecule has 0 N–H and O–H groups in total. The van der Waals surface area contributed by atoms with Crippen LogP contribution in [0.2, 0.25) is 0 Å². The lowest BCUT2D eigenvalue weighted by molar-refractivity contribution is -0.116. The highest BCUT2D eigenvalue weighted by atomic mass is 16.5. The van der Waals surface area contributed by atoms with Gasteiger partial charge in [0.05, 0.1) is 16.5 Å². The molecule has 5 rings (SSSR count). The second kappa shape index (κ2) is 7.95. The van der Waals surface area contributed by atoms with Gasteiger partial charge >= 0.3 is 5.97 Å². The van der Waals surface area contributed by atoms with E-state index < -0.39 is 12.1 Å². The molecule has 0 aliphatic carbocycles. The van der Waals surface area contributed by atoms with E-state index in [1.165, 1.54) is 19.9 Å². The summed E-state index contributed by atoms with van der Waals surface area (Å²) in [6.45, 7) is 4.31. The summed E-state index contributed by atoms with van der Waals surface area (Å²) in [6, 6.07) is 9.83. The molecule has 0 bridgehead atoms. The van der Waals surface area contributed by atoms with Crippen LogP contribution in [0.25, 0.3) is 10.9 Å². The van der Waals surface area contributed by atoms with E-state index in [1.807, 2.05) is 0 Å². The lowest BCUT2D eigenvalue weighted by Gasteiger charge is -2.16. The molecule has 8 nitrogen and oxygen atoms in total. The standard InChI is InChI=1S/C25H23N3O5/c1-14(23(30)17-6-8-21-16(12-17)9-11-27(21)15(2)29)33-25(32)18-5-7-19-20(13-18)26-22-4-3-10-28(22)24(19)31/h5-8,12-14H,3-4,9-11H2,1-2H3. The van der Waals surface area contributed by atoms with Crippen LogP contribution >= 0.6 is 0 Å². The molecule has 1 amide bonds. The molecule has 3 heterocycles. The van der Waals surface area contributed by atoms with Gasteiger partial charge in [0, 0.05) is 37.7 Å². The van der Waals surface area contributed by atoms with Crippen LogP contribution in [0.1, 0.15) is 52.4 Å². The predicted octanol–water partition coefficient (Wildman–Crippen LogP) is 2.68. The number of rotatable bonds is 4. The number of nitrogens with zero attached hydrogens (tertiary/aromatic N) is 3. The zero-order valence-corrected chi connectivity index (χ0v) is 18.5. The highest BCUT2D eigenvalue weighted by Gasteiger charge is 2.26. The number of ketones is 1. The zero-order chi connectivity index (χ0) is 23.3. The van der Waals surface area contributed by atoms with E-state index in [1.54, 1.807) is 39.8 Å². The topological polar surface area (TPSA) is 98.6 Å². The Hall–Kier alpha value is -3.81. The number of amides is 1. The molecule has 0 saturated heterocycles. The highest BCUT2D eigenvalue weighted by Crippen LogP contribution is 2.29. The minimum absolute atomic E-state index is 0.0346. The van der Waals surface area contributed by atoms with Crippen molar-refractivity contribution in [2.24, 2.45) is 0 Å². The molecule has 33 heavy (non-hydrogen) atoms. The van der Waals surface area contributed by atoms with Gasteiger partial charge in [0.1, 0.15) is 5.82 Å². The second-order valence-electron chi connectivity index (χ2n) is 8.50. The monoisotopic (exact) mass is 445 g/mol. The largest absolute Gasteiger partial charge is 0.451 e. The van der Waals surface area contributed by atoms with Crippen LogP contribution in [0.5, 0.6) is 0 Å². The van der Waals surface area contributed by atoms with E-state index >= 15 is 0 Å². The third-order valence-electron chi connectivity index (χ3n) is 6.34. The number of aromatic nitrogens is 2. The van der Waals surface area contributed by atoms with Gasteiger partial charge in [-0.05, 0) is 61.7 Å². The Labute approximate surface area is 189 Å². The fourth-order valence-corrected chi connectivity index (χ4v) is 4.61. The number of esters is 1. The Bertz CT molecular complexity index is 1390. The Morgan fingerprint density at radius 1 is 1.03 bits per heavy atom. The first-order chi connectivity index (χ1) is 15.8. The third-order valence-corrected chi connectivity index (χ3v) is 6.34. The molecule has 3 aromatic rings. The van der Waals surface area contributed by atoms with Crippen LogP contribution < -0.4 is 10.5 Å². The van der Waals surface area contributed by atoms with Crippen molar-refractivity contribution in [1.82, 2.24) is 9.55 Å². The van der Waals surface area contributed by atoms with Gasteiger partial charge in [0.15, 0.2) is 6.10 Å². The molecule has 2 aromatic carbocycles. The molecule has 0 saturated carbocycles. The van der Waals surface area contributed by atoms with E-state index in [0.29, 0.717) is 36.0 Å². The first-order valence-corrected chi connectivity index (χ1v) is 11.0. The van der Waals surface area contributed by atoms with Crippen molar-refractivity contribution in [2.45, 2.75) is 45.8 Å². The van der Waals surface area contributed by atoms with Crippen LogP contribution in [0, 0.1) is 0 Å². The van der Waals surface area contributed by atoms with Gasteiger partial charge in [-0.25, -0.2) is 9.78 Å². The fourth-order valence-electron chi connectivity index (χ4n) is 4.61. The van der Waals surface area contributed by atoms with E-state index in [4.69, 9.17) is 4.74 Å². The summed E-state index contributed by atoms with van der Waals surface area (Å²) in [5.74, 6) is -0.277. The van der Waals surface area contributed by atoms with Crippen molar-refractivity contribution in [2.75, 3.05) is 11.4 Å². The number of anilines is 1. The quantitative estimate of drug-likeness (QED) is 0.452. The summed E-state index contributed by atoms with van der Waals surface area (Å²) in [6.07, 6.45) is 1.30. The highest BCUT2D eigenvalue weighted by molar-refractivity contribution is 6.03. The summed E-state index contributed by atoms with van der Waals surface area (Å²) in [5.41, 5.74) is 2.76. The van der Waals surface area contributed by atoms with E-state index in [0.717, 1.165) is 29.9 Å². The van der Waals surface area contributed by atoms with Crippen molar-refractivity contribution in [3.63, 3.8) is 0 Å². The Kier molecular flexibility index (Phi) is 5.08. The number of fused-ring (bicyclic) bond motifs is 3. The molecule has 0 spiro atoms. The molecule has 2 aliphatic heterocycles. The maximum absolute atomic E-state index is 12.9. The summed E-state index contributed by atoms with van der Waals surface area (Å²) in [4.78, 5) is 56.2. The summed E-state index contributed by atoms with van der Waals surface area (Å²) >= 11 is 0. The average molecular weight is 445 g/mol. The summed E-state index contributed by atoms with van der Waals surface area (Å²) < 4.78 is 7.11. The normalized spacial score (nSPS) is 15.3. The SMILES string of the molecule is CC(=O)N1CCc2cc(C(=O)C(C)OC(=O)c3ccc4c(=O)n5c(nc4c3)CCC5)ccc21. The maximum Gasteiger partial charge on any atom is 0.338 e. The number of ether oxygens (including phenoxy) is 1. The minimum atomic E-state index is -0.991. The van der Waals surface area contributed by atoms with Gasteiger partial charge in [-0.1, -0.05) is 0 Å². The number of carbonyl (C=O) groups is 3. The van der Waals surface area contributed by atoms with Gasteiger partial charge in [-0.2, -0.15) is 0 Å². The van der Waals surface area contributed by atoms with Crippen LogP contribution in [-0.4, -0.2) is 39.9 Å². The maximum atomic E-state index is 12.9. The first kappa shape index (κ1) is 21.1. The average Bonchev–Trinajstić information content (AvgIpc) is 3.44. The molecular formula is C25H23N3O5. The second-order valence-corrected chi connectivity index (χ2v) is 8.50. The number of Topliss-reactive ketones (excluding diaryl/α,β-unsaturated/α-hetero) is 1. The molecule has 1 atom stereocenters. The number of hydrogen-bond donors (Lipinski definition) is 0. The number of benzene rings is 2. The van der Waals surface area contributed by atoms with E-state index in [9.17, 15) is 19.2 Å². The number of carbonyl (C=O) groups excluding carboxylic acids is 3. The van der Waals surface area contributed by atoms with Crippen molar-refractivity contribution in [3.05, 3.63) is 69.3 Å². The van der Waals surface area contributed by atoms with Crippen LogP contribution in [-0.2, 0) is 28.9 Å². The Balaban J connectivity index is 1.34. The molecule has 2 aliphatic rings. The third kappa shape index (κ3) is 3.61. The predicted molar refractivity (Wildman–Crippen MR) is 122 cm³/mol. The zero-order valence-electron chi connectivity index (χ0n) is 18.5. The molecule has 1 aromatic heterocycles. The molecule has 0 radical (unpaired) electrons. The van der Waals surface area contributed by atoms with E-state index in [2.05, 4.69) is 4.98 Å². The van der Waals surface area contributed by atoms with Crippen molar-refractivity contribution in [3.8, 4) is 0 Å². The number of aryl methyl sites for hydroxylation is 1. The van der Waals surface area contributed by atoms with Crippen LogP contribution in [0.4, 0.5) is 5.69 Å².